The van der Waals surface area contributed by atoms with Crippen molar-refractivity contribution in [3.63, 3.8) is 0 Å². The van der Waals surface area contributed by atoms with E-state index in [-0.39, 0.29) is 0 Å². The summed E-state index contributed by atoms with van der Waals surface area (Å²) in [6, 6.07) is 24.6. The molecule has 0 radical (unpaired) electrons. The Morgan fingerprint density at radius 1 is 0.857 bits per heavy atom. The van der Waals surface area contributed by atoms with Crippen LogP contribution in [0.2, 0.25) is 0 Å². The van der Waals surface area contributed by atoms with E-state index in [9.17, 15) is 0 Å². The highest BCUT2D eigenvalue weighted by Crippen LogP contribution is 2.29. The first-order valence-electron chi connectivity index (χ1n) is 9.58. The molecule has 2 aromatic carbocycles. The predicted molar refractivity (Wildman–Crippen MR) is 108 cm³/mol. The molecule has 1 saturated heterocycles. The summed E-state index contributed by atoms with van der Waals surface area (Å²) in [6.45, 7) is 2.12. The molecule has 0 saturated carbocycles. The summed E-state index contributed by atoms with van der Waals surface area (Å²) in [5.74, 6) is 0. The Morgan fingerprint density at radius 2 is 1.64 bits per heavy atom. The molecule has 28 heavy (non-hydrogen) atoms. The number of ether oxygens (including phenoxy) is 2. The smallest absolute Gasteiger partial charge is 0.201 e. The van der Waals surface area contributed by atoms with Gasteiger partial charge in [-0.3, -0.25) is 4.68 Å². The second-order valence-electron chi connectivity index (χ2n) is 6.88. The van der Waals surface area contributed by atoms with Crippen molar-refractivity contribution in [2.24, 2.45) is 0 Å². The van der Waals surface area contributed by atoms with Crippen molar-refractivity contribution in [1.29, 1.82) is 0 Å². The van der Waals surface area contributed by atoms with Crippen molar-refractivity contribution < 1.29 is 9.47 Å². The minimum atomic E-state index is -0.397. The number of hydrogen-bond donors (Lipinski definition) is 0. The van der Waals surface area contributed by atoms with Crippen molar-refractivity contribution in [2.75, 3.05) is 13.2 Å². The van der Waals surface area contributed by atoms with Gasteiger partial charge in [0.15, 0.2) is 0 Å². The third-order valence-corrected chi connectivity index (χ3v) is 4.91. The van der Waals surface area contributed by atoms with Crippen molar-refractivity contribution in [1.82, 2.24) is 14.8 Å². The molecule has 4 aromatic rings. The normalized spacial score (nSPS) is 15.1. The molecule has 1 aliphatic heterocycles. The van der Waals surface area contributed by atoms with Crippen LogP contribution in [0.3, 0.4) is 0 Å². The lowest BCUT2D eigenvalue weighted by Gasteiger charge is -2.22. The van der Waals surface area contributed by atoms with Crippen LogP contribution < -0.4 is 0 Å². The maximum atomic E-state index is 5.72. The standard InChI is InChI=1S/C23H21N3O2/c1-2-8-17(9-3-1)16-26-21-13-5-4-10-18(21)22(25-26)19-11-6-12-20(24-19)23-27-14-7-15-28-23/h1-6,8-13,23H,7,14-16H2. The van der Waals surface area contributed by atoms with Crippen molar-refractivity contribution in [3.8, 4) is 11.4 Å². The van der Waals surface area contributed by atoms with E-state index in [1.807, 2.05) is 41.1 Å². The number of pyridine rings is 1. The van der Waals surface area contributed by atoms with Crippen LogP contribution in [0.4, 0.5) is 0 Å². The molecule has 0 bridgehead atoms. The molecule has 5 rings (SSSR count). The van der Waals surface area contributed by atoms with E-state index < -0.39 is 6.29 Å². The zero-order chi connectivity index (χ0) is 18.8. The topological polar surface area (TPSA) is 49.2 Å². The summed E-state index contributed by atoms with van der Waals surface area (Å²) in [7, 11) is 0. The van der Waals surface area contributed by atoms with Gasteiger partial charge in [0.2, 0.25) is 6.29 Å². The molecule has 0 spiro atoms. The van der Waals surface area contributed by atoms with Crippen LogP contribution in [0.25, 0.3) is 22.3 Å². The van der Waals surface area contributed by atoms with E-state index in [1.54, 1.807) is 0 Å². The molecule has 140 valence electrons. The first-order chi connectivity index (χ1) is 13.9. The van der Waals surface area contributed by atoms with Crippen LogP contribution in [-0.2, 0) is 16.0 Å². The van der Waals surface area contributed by atoms with Crippen molar-refractivity contribution in [3.05, 3.63) is 84.1 Å². The quantitative estimate of drug-likeness (QED) is 0.527. The van der Waals surface area contributed by atoms with Crippen LogP contribution in [0, 0.1) is 0 Å². The summed E-state index contributed by atoms with van der Waals surface area (Å²) >= 11 is 0. The summed E-state index contributed by atoms with van der Waals surface area (Å²) in [5, 5.41) is 6.00. The van der Waals surface area contributed by atoms with Crippen LogP contribution in [-0.4, -0.2) is 28.0 Å². The molecule has 1 fully saturated rings. The first kappa shape index (κ1) is 17.1. The number of fused-ring (bicyclic) bond motifs is 1. The molecule has 0 amide bonds. The van der Waals surface area contributed by atoms with Gasteiger partial charge < -0.3 is 9.47 Å². The number of hydrogen-bond acceptors (Lipinski definition) is 4. The Morgan fingerprint density at radius 3 is 2.50 bits per heavy atom. The molecule has 5 heteroatoms. The maximum absolute atomic E-state index is 5.72. The van der Waals surface area contributed by atoms with Gasteiger partial charge in [0.05, 0.1) is 36.7 Å². The lowest BCUT2D eigenvalue weighted by atomic mass is 10.1. The van der Waals surface area contributed by atoms with Gasteiger partial charge in [0.1, 0.15) is 5.69 Å². The van der Waals surface area contributed by atoms with E-state index in [1.165, 1.54) is 5.56 Å². The third-order valence-electron chi connectivity index (χ3n) is 4.91. The maximum Gasteiger partial charge on any atom is 0.201 e. The van der Waals surface area contributed by atoms with Gasteiger partial charge in [-0.25, -0.2) is 4.98 Å². The monoisotopic (exact) mass is 371 g/mol. The first-order valence-corrected chi connectivity index (χ1v) is 9.58. The zero-order valence-corrected chi connectivity index (χ0v) is 15.5. The molecule has 3 heterocycles. The fourth-order valence-corrected chi connectivity index (χ4v) is 3.57. The van der Waals surface area contributed by atoms with Gasteiger partial charge in [-0.1, -0.05) is 54.6 Å². The highest BCUT2D eigenvalue weighted by Gasteiger charge is 2.20. The Hall–Kier alpha value is -3.02. The summed E-state index contributed by atoms with van der Waals surface area (Å²) in [4.78, 5) is 4.81. The van der Waals surface area contributed by atoms with Crippen LogP contribution >= 0.6 is 0 Å². The molecule has 0 N–H and O–H groups in total. The Balaban J connectivity index is 1.56. The van der Waals surface area contributed by atoms with Crippen molar-refractivity contribution in [2.45, 2.75) is 19.3 Å². The Kier molecular flexibility index (Phi) is 4.61. The molecule has 0 aliphatic carbocycles. The average Bonchev–Trinajstić information content (AvgIpc) is 3.14. The van der Waals surface area contributed by atoms with Gasteiger partial charge >= 0.3 is 0 Å². The highest BCUT2D eigenvalue weighted by atomic mass is 16.7. The second kappa shape index (κ2) is 7.54. The summed E-state index contributed by atoms with van der Waals surface area (Å²) in [6.07, 6.45) is 0.524. The average molecular weight is 371 g/mol. The molecular weight excluding hydrogens is 350 g/mol. The zero-order valence-electron chi connectivity index (χ0n) is 15.5. The second-order valence-corrected chi connectivity index (χ2v) is 6.88. The van der Waals surface area contributed by atoms with Gasteiger partial charge in [-0.15, -0.1) is 0 Å². The van der Waals surface area contributed by atoms with Gasteiger partial charge in [0.25, 0.3) is 0 Å². The van der Waals surface area contributed by atoms with Crippen LogP contribution in [0.1, 0.15) is 24.0 Å². The largest absolute Gasteiger partial charge is 0.347 e. The Bertz CT molecular complexity index is 1090. The predicted octanol–water partition coefficient (Wildman–Crippen LogP) is 4.58. The number of rotatable bonds is 4. The molecule has 0 unspecified atom stereocenters. The van der Waals surface area contributed by atoms with E-state index in [0.717, 1.165) is 41.0 Å². The number of nitrogens with zero attached hydrogens (tertiary/aromatic N) is 3. The minimum absolute atomic E-state index is 0.397. The molecule has 0 atom stereocenters. The fraction of sp³-hybridized carbons (Fsp3) is 0.217. The molecule has 1 aliphatic rings. The number of aromatic nitrogens is 3. The Labute approximate surface area is 163 Å². The fourth-order valence-electron chi connectivity index (χ4n) is 3.57. The lowest BCUT2D eigenvalue weighted by molar-refractivity contribution is -0.185. The van der Waals surface area contributed by atoms with Gasteiger partial charge in [0, 0.05) is 5.39 Å². The van der Waals surface area contributed by atoms with Gasteiger partial charge in [-0.2, -0.15) is 5.10 Å². The van der Waals surface area contributed by atoms with Crippen LogP contribution in [0.5, 0.6) is 0 Å². The molecular formula is C23H21N3O2. The lowest BCUT2D eigenvalue weighted by Crippen LogP contribution is -2.18. The van der Waals surface area contributed by atoms with E-state index >= 15 is 0 Å². The number of para-hydroxylation sites is 1. The SMILES string of the molecule is c1ccc(Cn2nc(-c3cccc(C4OCCCO4)n3)c3ccccc32)cc1. The third kappa shape index (κ3) is 3.30. The molecule has 5 nitrogen and oxygen atoms in total. The summed E-state index contributed by atoms with van der Waals surface area (Å²) < 4.78 is 13.5. The van der Waals surface area contributed by atoms with Gasteiger partial charge in [-0.05, 0) is 30.2 Å². The number of benzene rings is 2. The summed E-state index contributed by atoms with van der Waals surface area (Å²) in [5.41, 5.74) is 4.81. The minimum Gasteiger partial charge on any atom is -0.347 e. The van der Waals surface area contributed by atoms with E-state index in [4.69, 9.17) is 19.6 Å². The van der Waals surface area contributed by atoms with Crippen LogP contribution in [0.15, 0.2) is 72.8 Å². The highest BCUT2D eigenvalue weighted by molar-refractivity contribution is 5.92. The van der Waals surface area contributed by atoms with E-state index in [0.29, 0.717) is 13.2 Å². The van der Waals surface area contributed by atoms with Crippen molar-refractivity contribution >= 4 is 10.9 Å². The molecule has 2 aromatic heterocycles. The van der Waals surface area contributed by atoms with E-state index in [2.05, 4.69) is 36.4 Å².